The second-order valence-corrected chi connectivity index (χ2v) is 8.23. The lowest BCUT2D eigenvalue weighted by molar-refractivity contribution is -0.145. The summed E-state index contributed by atoms with van der Waals surface area (Å²) in [6, 6.07) is 0. The molecule has 0 spiro atoms. The van der Waals surface area contributed by atoms with Crippen LogP contribution in [0, 0.1) is 5.92 Å². The van der Waals surface area contributed by atoms with E-state index in [0.29, 0.717) is 0 Å². The molecule has 29 heavy (non-hydrogen) atoms. The van der Waals surface area contributed by atoms with E-state index in [9.17, 15) is 15.0 Å². The highest BCUT2D eigenvalue weighted by Crippen LogP contribution is 2.43. The molecule has 0 bridgehead atoms. The van der Waals surface area contributed by atoms with E-state index in [-0.39, 0.29) is 24.9 Å². The minimum atomic E-state index is -1.15. The van der Waals surface area contributed by atoms with Crippen LogP contribution in [0.3, 0.4) is 0 Å². The molecule has 0 aromatic carbocycles. The Morgan fingerprint density at radius 1 is 1.38 bits per heavy atom. The highest BCUT2D eigenvalue weighted by Gasteiger charge is 2.52. The summed E-state index contributed by atoms with van der Waals surface area (Å²) < 4.78 is 7.51. The molecule has 164 valence electrons. The zero-order chi connectivity index (χ0) is 21.4. The fraction of sp³-hybridized carbons (Fsp3) is 0.762. The lowest BCUT2D eigenvalue weighted by atomic mass is 9.85. The van der Waals surface area contributed by atoms with E-state index in [4.69, 9.17) is 10.5 Å². The largest absolute Gasteiger partial charge is 0.394 e. The monoisotopic (exact) mass is 408 g/mol. The van der Waals surface area contributed by atoms with Gasteiger partial charge >= 0.3 is 5.69 Å². The van der Waals surface area contributed by atoms with Crippen molar-refractivity contribution < 1.29 is 14.9 Å². The van der Waals surface area contributed by atoms with Crippen molar-refractivity contribution >= 4 is 5.95 Å². The van der Waals surface area contributed by atoms with Crippen LogP contribution in [0.4, 0.5) is 5.95 Å². The average Bonchev–Trinajstić information content (AvgIpc) is 3.00. The molecular weight excluding hydrogens is 372 g/mol. The van der Waals surface area contributed by atoms with Gasteiger partial charge in [-0.05, 0) is 20.3 Å². The quantitative estimate of drug-likeness (QED) is 0.379. The summed E-state index contributed by atoms with van der Waals surface area (Å²) in [5, 5.41) is 20.1. The van der Waals surface area contributed by atoms with Crippen molar-refractivity contribution in [1.82, 2.24) is 14.5 Å². The standard InChI is InChI=1S/C21H36N4O4/c1-4-5-6-7-8-9-10-16(11-15(2)3)21(12-17(27)18(13-26)29-21)25-14-23-19(22)24-20(25)28/h11,14,16-18,26-27H,4-10,12-13H2,1-3H3,(H2,22,24,28)/t16?,17-,18+,21-/m0/s1. The Kier molecular flexibility index (Phi) is 8.79. The maximum atomic E-state index is 12.7. The molecule has 8 heteroatoms. The Labute approximate surface area is 172 Å². The van der Waals surface area contributed by atoms with Gasteiger partial charge in [0.15, 0.2) is 5.72 Å². The van der Waals surface area contributed by atoms with E-state index < -0.39 is 23.6 Å². The van der Waals surface area contributed by atoms with Crippen molar-refractivity contribution in [3.05, 3.63) is 28.5 Å². The molecule has 0 radical (unpaired) electrons. The van der Waals surface area contributed by atoms with Crippen LogP contribution in [0.15, 0.2) is 22.8 Å². The van der Waals surface area contributed by atoms with Crippen LogP contribution in [0.2, 0.25) is 0 Å². The number of anilines is 1. The number of nitrogen functional groups attached to an aromatic ring is 1. The van der Waals surface area contributed by atoms with Gasteiger partial charge in [-0.2, -0.15) is 4.98 Å². The molecule has 1 aromatic heterocycles. The van der Waals surface area contributed by atoms with E-state index in [0.717, 1.165) is 24.8 Å². The Hall–Kier alpha value is -1.77. The molecule has 1 aliphatic heterocycles. The molecule has 2 heterocycles. The van der Waals surface area contributed by atoms with E-state index in [1.165, 1.54) is 36.6 Å². The number of aliphatic hydroxyl groups is 2. The molecule has 1 saturated heterocycles. The highest BCUT2D eigenvalue weighted by molar-refractivity contribution is 5.12. The third-order valence-electron chi connectivity index (χ3n) is 5.58. The third kappa shape index (κ3) is 5.87. The maximum Gasteiger partial charge on any atom is 0.354 e. The Morgan fingerprint density at radius 2 is 2.07 bits per heavy atom. The molecule has 1 aromatic rings. The van der Waals surface area contributed by atoms with E-state index in [1.807, 2.05) is 13.8 Å². The van der Waals surface area contributed by atoms with Crippen molar-refractivity contribution in [2.45, 2.75) is 90.1 Å². The van der Waals surface area contributed by atoms with Crippen LogP contribution < -0.4 is 11.4 Å². The number of hydrogen-bond acceptors (Lipinski definition) is 7. The lowest BCUT2D eigenvalue weighted by Gasteiger charge is -2.37. The predicted molar refractivity (Wildman–Crippen MR) is 112 cm³/mol. The molecular formula is C21H36N4O4. The first-order valence-corrected chi connectivity index (χ1v) is 10.7. The van der Waals surface area contributed by atoms with Gasteiger partial charge in [-0.25, -0.2) is 9.78 Å². The smallest absolute Gasteiger partial charge is 0.354 e. The molecule has 1 fully saturated rings. The van der Waals surface area contributed by atoms with Gasteiger partial charge < -0.3 is 20.7 Å². The molecule has 2 rings (SSSR count). The minimum Gasteiger partial charge on any atom is -0.394 e. The third-order valence-corrected chi connectivity index (χ3v) is 5.58. The van der Waals surface area contributed by atoms with Gasteiger partial charge in [0.2, 0.25) is 5.95 Å². The van der Waals surface area contributed by atoms with Gasteiger partial charge in [-0.15, -0.1) is 0 Å². The number of aromatic nitrogens is 3. The molecule has 1 aliphatic rings. The second-order valence-electron chi connectivity index (χ2n) is 8.23. The molecule has 0 aliphatic carbocycles. The Bertz CT molecular complexity index is 732. The summed E-state index contributed by atoms with van der Waals surface area (Å²) in [5.74, 6) is -0.275. The summed E-state index contributed by atoms with van der Waals surface area (Å²) in [4.78, 5) is 20.4. The lowest BCUT2D eigenvalue weighted by Crippen LogP contribution is -2.48. The maximum absolute atomic E-state index is 12.7. The molecule has 4 atom stereocenters. The Balaban J connectivity index is 2.35. The van der Waals surface area contributed by atoms with Gasteiger partial charge in [0, 0.05) is 12.3 Å². The number of hydrogen-bond donors (Lipinski definition) is 3. The highest BCUT2D eigenvalue weighted by atomic mass is 16.6. The van der Waals surface area contributed by atoms with Crippen LogP contribution in [0.1, 0.15) is 72.1 Å². The first-order chi connectivity index (χ1) is 13.8. The number of aliphatic hydroxyl groups excluding tert-OH is 2. The number of allylic oxidation sites excluding steroid dienone is 1. The second kappa shape index (κ2) is 10.8. The molecule has 0 saturated carbocycles. The van der Waals surface area contributed by atoms with Crippen LogP contribution in [0.25, 0.3) is 0 Å². The fourth-order valence-corrected chi connectivity index (χ4v) is 4.14. The minimum absolute atomic E-state index is 0.103. The van der Waals surface area contributed by atoms with Crippen LogP contribution >= 0.6 is 0 Å². The summed E-state index contributed by atoms with van der Waals surface area (Å²) in [7, 11) is 0. The summed E-state index contributed by atoms with van der Waals surface area (Å²) >= 11 is 0. The van der Waals surface area contributed by atoms with Crippen LogP contribution in [-0.2, 0) is 10.5 Å². The van der Waals surface area contributed by atoms with Crippen molar-refractivity contribution in [1.29, 1.82) is 0 Å². The van der Waals surface area contributed by atoms with Crippen molar-refractivity contribution in [3.63, 3.8) is 0 Å². The number of nitrogens with zero attached hydrogens (tertiary/aromatic N) is 3. The van der Waals surface area contributed by atoms with Crippen molar-refractivity contribution in [2.75, 3.05) is 12.3 Å². The van der Waals surface area contributed by atoms with E-state index in [1.54, 1.807) is 0 Å². The first-order valence-electron chi connectivity index (χ1n) is 10.7. The van der Waals surface area contributed by atoms with Crippen LogP contribution in [0.5, 0.6) is 0 Å². The van der Waals surface area contributed by atoms with Gasteiger partial charge in [-0.1, -0.05) is 57.1 Å². The summed E-state index contributed by atoms with van der Waals surface area (Å²) in [5.41, 5.74) is 4.93. The zero-order valence-electron chi connectivity index (χ0n) is 17.9. The SMILES string of the molecule is CCCCCCCCC(C=C(C)C)[C@]1(n2cnc(N)nc2=O)C[C@H](O)[C@@H](CO)O1. The average molecular weight is 409 g/mol. The van der Waals surface area contributed by atoms with Crippen LogP contribution in [-0.4, -0.2) is 43.6 Å². The molecule has 0 amide bonds. The van der Waals surface area contributed by atoms with E-state index in [2.05, 4.69) is 23.0 Å². The van der Waals surface area contributed by atoms with Gasteiger partial charge in [-0.3, -0.25) is 4.57 Å². The first kappa shape index (κ1) is 23.5. The number of ether oxygens (including phenoxy) is 1. The number of nitrogens with two attached hydrogens (primary N) is 1. The van der Waals surface area contributed by atoms with Gasteiger partial charge in [0.25, 0.3) is 0 Å². The Morgan fingerprint density at radius 3 is 2.66 bits per heavy atom. The molecule has 8 nitrogen and oxygen atoms in total. The molecule has 4 N–H and O–H groups in total. The van der Waals surface area contributed by atoms with Crippen molar-refractivity contribution in [3.8, 4) is 0 Å². The van der Waals surface area contributed by atoms with E-state index >= 15 is 0 Å². The number of rotatable bonds is 11. The topological polar surface area (TPSA) is 123 Å². The number of unbranched alkanes of at least 4 members (excludes halogenated alkanes) is 5. The molecule has 1 unspecified atom stereocenters. The van der Waals surface area contributed by atoms with Crippen molar-refractivity contribution in [2.24, 2.45) is 5.92 Å². The predicted octanol–water partition coefficient (Wildman–Crippen LogP) is 2.35. The normalized spacial score (nSPS) is 25.1. The summed E-state index contributed by atoms with van der Waals surface area (Å²) in [6.07, 6.45) is 9.67. The van der Waals surface area contributed by atoms with Gasteiger partial charge in [0.05, 0.1) is 12.7 Å². The fourth-order valence-electron chi connectivity index (χ4n) is 4.14. The summed E-state index contributed by atoms with van der Waals surface area (Å²) in [6.45, 7) is 5.87. The van der Waals surface area contributed by atoms with Gasteiger partial charge in [0.1, 0.15) is 12.4 Å². The zero-order valence-corrected chi connectivity index (χ0v) is 17.9.